The average molecular weight is 198 g/mol. The van der Waals surface area contributed by atoms with Crippen LogP contribution in [0, 0.1) is 0 Å². The van der Waals surface area contributed by atoms with Gasteiger partial charge in [-0.15, -0.1) is 0 Å². The number of amides is 1. The normalized spacial score (nSPS) is 29.9. The average Bonchev–Trinajstić information content (AvgIpc) is 2.71. The van der Waals surface area contributed by atoms with E-state index in [-0.39, 0.29) is 12.0 Å². The third kappa shape index (κ3) is 1.77. The van der Waals surface area contributed by atoms with E-state index in [0.29, 0.717) is 19.2 Å². The summed E-state index contributed by atoms with van der Waals surface area (Å²) in [7, 11) is 0. The topological polar surface area (TPSA) is 55.6 Å². The molecule has 4 heteroatoms. The zero-order valence-electron chi connectivity index (χ0n) is 8.45. The van der Waals surface area contributed by atoms with Gasteiger partial charge in [0, 0.05) is 19.1 Å². The molecule has 0 aromatic rings. The number of morpholine rings is 1. The zero-order chi connectivity index (χ0) is 9.97. The van der Waals surface area contributed by atoms with Gasteiger partial charge in [-0.05, 0) is 12.8 Å². The van der Waals surface area contributed by atoms with E-state index >= 15 is 0 Å². The molecule has 80 valence electrons. The van der Waals surface area contributed by atoms with Gasteiger partial charge in [-0.3, -0.25) is 4.79 Å². The minimum atomic E-state index is -0.385. The lowest BCUT2D eigenvalue weighted by molar-refractivity contribution is -0.154. The van der Waals surface area contributed by atoms with Gasteiger partial charge < -0.3 is 15.4 Å². The molecule has 1 aliphatic carbocycles. The van der Waals surface area contributed by atoms with Crippen molar-refractivity contribution in [1.82, 2.24) is 4.90 Å². The summed E-state index contributed by atoms with van der Waals surface area (Å²) in [6.45, 7) is 1.70. The molecule has 1 heterocycles. The van der Waals surface area contributed by atoms with Crippen molar-refractivity contribution in [2.45, 2.75) is 37.8 Å². The summed E-state index contributed by atoms with van der Waals surface area (Å²) in [5, 5.41) is 0. The monoisotopic (exact) mass is 198 g/mol. The summed E-state index contributed by atoms with van der Waals surface area (Å²) in [6.07, 6.45) is 4.43. The number of ether oxygens (including phenoxy) is 1. The van der Waals surface area contributed by atoms with Gasteiger partial charge in [-0.25, -0.2) is 0 Å². The van der Waals surface area contributed by atoms with Crippen molar-refractivity contribution in [1.29, 1.82) is 0 Å². The van der Waals surface area contributed by atoms with Crippen LogP contribution in [0.2, 0.25) is 0 Å². The van der Waals surface area contributed by atoms with Gasteiger partial charge >= 0.3 is 0 Å². The molecule has 1 saturated carbocycles. The van der Waals surface area contributed by atoms with E-state index < -0.39 is 0 Å². The molecule has 14 heavy (non-hydrogen) atoms. The Kier molecular flexibility index (Phi) is 3.03. The molecule has 2 N–H and O–H groups in total. The number of hydrogen-bond donors (Lipinski definition) is 1. The van der Waals surface area contributed by atoms with E-state index in [1.165, 1.54) is 12.8 Å². The van der Waals surface area contributed by atoms with Gasteiger partial charge in [-0.2, -0.15) is 0 Å². The lowest BCUT2D eigenvalue weighted by Gasteiger charge is -2.36. The Hall–Kier alpha value is -0.610. The number of carbonyl (C=O) groups excluding carboxylic acids is 1. The summed E-state index contributed by atoms with van der Waals surface area (Å²) in [5.74, 6) is 0.102. The van der Waals surface area contributed by atoms with Crippen molar-refractivity contribution in [3.8, 4) is 0 Å². The number of nitrogens with two attached hydrogens (primary N) is 1. The van der Waals surface area contributed by atoms with Crippen molar-refractivity contribution in [2.75, 3.05) is 19.7 Å². The Balaban J connectivity index is 1.99. The number of carbonyl (C=O) groups is 1. The maximum atomic E-state index is 11.9. The van der Waals surface area contributed by atoms with Crippen LogP contribution in [-0.2, 0) is 9.53 Å². The molecular formula is C10H18N2O2. The Morgan fingerprint density at radius 3 is 2.79 bits per heavy atom. The van der Waals surface area contributed by atoms with Crippen LogP contribution in [0.3, 0.4) is 0 Å². The Morgan fingerprint density at radius 2 is 2.14 bits per heavy atom. The van der Waals surface area contributed by atoms with Gasteiger partial charge in [0.2, 0.25) is 0 Å². The maximum Gasteiger partial charge on any atom is 0.253 e. The molecule has 2 aliphatic rings. The Labute approximate surface area is 84.4 Å². The van der Waals surface area contributed by atoms with Gasteiger partial charge in [-0.1, -0.05) is 12.8 Å². The minimum absolute atomic E-state index is 0.102. The van der Waals surface area contributed by atoms with Crippen LogP contribution in [0.15, 0.2) is 0 Å². The highest BCUT2D eigenvalue weighted by Gasteiger charge is 2.34. The first kappa shape index (κ1) is 9.93. The maximum absolute atomic E-state index is 11.9. The summed E-state index contributed by atoms with van der Waals surface area (Å²) < 4.78 is 5.31. The molecule has 1 aliphatic heterocycles. The third-order valence-electron chi connectivity index (χ3n) is 3.19. The number of hydrogen-bond acceptors (Lipinski definition) is 3. The van der Waals surface area contributed by atoms with E-state index in [4.69, 9.17) is 10.5 Å². The molecular weight excluding hydrogens is 180 g/mol. The van der Waals surface area contributed by atoms with E-state index in [1.807, 2.05) is 4.90 Å². The Morgan fingerprint density at radius 1 is 1.43 bits per heavy atom. The lowest BCUT2D eigenvalue weighted by Crippen LogP contribution is -2.53. The predicted octanol–water partition coefficient (Wildman–Crippen LogP) is 0.115. The summed E-state index contributed by atoms with van der Waals surface area (Å²) in [4.78, 5) is 13.8. The molecule has 1 atom stereocenters. The van der Waals surface area contributed by atoms with Crippen molar-refractivity contribution < 1.29 is 9.53 Å². The van der Waals surface area contributed by atoms with Crippen LogP contribution in [0.25, 0.3) is 0 Å². The van der Waals surface area contributed by atoms with E-state index in [2.05, 4.69) is 0 Å². The van der Waals surface area contributed by atoms with Gasteiger partial charge in [0.1, 0.15) is 6.10 Å². The van der Waals surface area contributed by atoms with Gasteiger partial charge in [0.25, 0.3) is 5.91 Å². The first-order valence-electron chi connectivity index (χ1n) is 5.45. The molecule has 0 aromatic heterocycles. The van der Waals surface area contributed by atoms with Crippen molar-refractivity contribution >= 4 is 5.91 Å². The van der Waals surface area contributed by atoms with Crippen molar-refractivity contribution in [2.24, 2.45) is 5.73 Å². The van der Waals surface area contributed by atoms with Gasteiger partial charge in [0.05, 0.1) is 6.61 Å². The largest absolute Gasteiger partial charge is 0.365 e. The van der Waals surface area contributed by atoms with E-state index in [1.54, 1.807) is 0 Å². The first-order valence-corrected chi connectivity index (χ1v) is 5.45. The van der Waals surface area contributed by atoms with Crippen LogP contribution >= 0.6 is 0 Å². The van der Waals surface area contributed by atoms with Crippen LogP contribution < -0.4 is 5.73 Å². The number of rotatable bonds is 2. The highest BCUT2D eigenvalue weighted by Crippen LogP contribution is 2.25. The highest BCUT2D eigenvalue weighted by atomic mass is 16.5. The second-order valence-corrected chi connectivity index (χ2v) is 4.07. The van der Waals surface area contributed by atoms with Crippen LogP contribution in [0.1, 0.15) is 25.7 Å². The fraction of sp³-hybridized carbons (Fsp3) is 0.900. The summed E-state index contributed by atoms with van der Waals surface area (Å²) in [6, 6.07) is 0.459. The highest BCUT2D eigenvalue weighted by molar-refractivity contribution is 5.82. The smallest absolute Gasteiger partial charge is 0.253 e. The van der Waals surface area contributed by atoms with Crippen LogP contribution in [-0.4, -0.2) is 42.6 Å². The molecule has 0 spiro atoms. The van der Waals surface area contributed by atoms with Crippen molar-refractivity contribution in [3.63, 3.8) is 0 Å². The molecule has 1 unspecified atom stereocenters. The molecule has 0 aromatic carbocycles. The second-order valence-electron chi connectivity index (χ2n) is 4.07. The van der Waals surface area contributed by atoms with E-state index in [0.717, 1.165) is 19.4 Å². The molecule has 1 saturated heterocycles. The predicted molar refractivity (Wildman–Crippen MR) is 52.8 cm³/mol. The molecule has 2 fully saturated rings. The molecule has 4 nitrogen and oxygen atoms in total. The quantitative estimate of drug-likeness (QED) is 0.685. The summed E-state index contributed by atoms with van der Waals surface area (Å²) >= 11 is 0. The fourth-order valence-corrected chi connectivity index (χ4v) is 2.41. The van der Waals surface area contributed by atoms with Gasteiger partial charge in [0.15, 0.2) is 0 Å². The molecule has 1 amide bonds. The molecule has 0 radical (unpaired) electrons. The second kappa shape index (κ2) is 4.28. The SMILES string of the molecule is NCC1OCCN(C2CCCC2)C1=O. The first-order chi connectivity index (χ1) is 6.83. The molecule has 2 rings (SSSR count). The van der Waals surface area contributed by atoms with Crippen molar-refractivity contribution in [3.05, 3.63) is 0 Å². The van der Waals surface area contributed by atoms with Crippen LogP contribution in [0.4, 0.5) is 0 Å². The fourth-order valence-electron chi connectivity index (χ4n) is 2.41. The number of nitrogens with zero attached hydrogens (tertiary/aromatic N) is 1. The van der Waals surface area contributed by atoms with E-state index in [9.17, 15) is 4.79 Å². The standard InChI is InChI=1S/C10H18N2O2/c11-7-9-10(13)12(5-6-14-9)8-3-1-2-4-8/h8-9H,1-7,11H2. The minimum Gasteiger partial charge on any atom is -0.365 e. The zero-order valence-corrected chi connectivity index (χ0v) is 8.45. The molecule has 0 bridgehead atoms. The Bertz CT molecular complexity index is 214. The lowest BCUT2D eigenvalue weighted by atomic mass is 10.1. The third-order valence-corrected chi connectivity index (χ3v) is 3.19. The van der Waals surface area contributed by atoms with Crippen LogP contribution in [0.5, 0.6) is 0 Å². The summed E-state index contributed by atoms with van der Waals surface area (Å²) in [5.41, 5.74) is 5.48.